The topological polar surface area (TPSA) is 67.9 Å². The van der Waals surface area contributed by atoms with Crippen molar-refractivity contribution in [2.24, 2.45) is 0 Å². The summed E-state index contributed by atoms with van der Waals surface area (Å²) in [4.78, 5) is 12.6. The van der Waals surface area contributed by atoms with Gasteiger partial charge in [-0.3, -0.25) is 0 Å². The lowest BCUT2D eigenvalue weighted by molar-refractivity contribution is 0.148. The predicted molar refractivity (Wildman–Crippen MR) is 130 cm³/mol. The predicted octanol–water partition coefficient (Wildman–Crippen LogP) is 6.59. The first kappa shape index (κ1) is 23.8. The summed E-state index contributed by atoms with van der Waals surface area (Å²) in [7, 11) is -3.64. The van der Waals surface area contributed by atoms with Crippen LogP contribution in [0.15, 0.2) is 48.5 Å². The highest BCUT2D eigenvalue weighted by Gasteiger charge is 2.44. The molecule has 1 saturated carbocycles. The van der Waals surface area contributed by atoms with Crippen molar-refractivity contribution in [1.29, 1.82) is 0 Å². The smallest absolute Gasteiger partial charge is 0.425 e. The molecule has 33 heavy (non-hydrogen) atoms. The minimum absolute atomic E-state index is 0.00660. The lowest BCUT2D eigenvalue weighted by Crippen LogP contribution is -2.43. The van der Waals surface area contributed by atoms with Crippen LogP contribution in [0.2, 0.25) is 0 Å². The Hall–Kier alpha value is -2.30. The second-order valence-corrected chi connectivity index (χ2v) is 12.0. The number of hydrogen-bond donors (Lipinski definition) is 1. The van der Waals surface area contributed by atoms with Crippen molar-refractivity contribution in [3.05, 3.63) is 65.2 Å². The van der Waals surface area contributed by atoms with E-state index < -0.39 is 13.8 Å². The Morgan fingerprint density at radius 2 is 1.85 bits per heavy atom. The number of rotatable bonds is 5. The van der Waals surface area contributed by atoms with E-state index in [0.717, 1.165) is 36.8 Å². The molecule has 0 radical (unpaired) electrons. The first-order chi connectivity index (χ1) is 15.7. The number of carbonyl (C=O) groups is 1. The number of fused-ring (bicyclic) bond motifs is 1. The minimum atomic E-state index is -3.64. The van der Waals surface area contributed by atoms with Gasteiger partial charge in [-0.1, -0.05) is 82.5 Å². The maximum absolute atomic E-state index is 14.0. The number of carbonyl (C=O) groups excluding carboxylic acids is 1. The van der Waals surface area contributed by atoms with Crippen molar-refractivity contribution >= 4 is 13.8 Å². The van der Waals surface area contributed by atoms with Crippen molar-refractivity contribution in [2.75, 3.05) is 6.61 Å². The highest BCUT2D eigenvalue weighted by Crippen LogP contribution is 2.55. The summed E-state index contributed by atoms with van der Waals surface area (Å²) in [6.07, 6.45) is 5.18. The van der Waals surface area contributed by atoms with Crippen LogP contribution in [0, 0.1) is 0 Å². The van der Waals surface area contributed by atoms with Crippen molar-refractivity contribution in [3.63, 3.8) is 0 Å². The molecule has 0 spiro atoms. The fourth-order valence-electron chi connectivity index (χ4n) is 4.58. The maximum atomic E-state index is 14.0. The lowest BCUT2D eigenvalue weighted by atomic mass is 9.86. The third-order valence-corrected chi connectivity index (χ3v) is 8.57. The van der Waals surface area contributed by atoms with Crippen LogP contribution in [0.1, 0.15) is 69.6 Å². The normalized spacial score (nSPS) is 21.7. The fourth-order valence-corrected chi connectivity index (χ4v) is 6.59. The van der Waals surface area contributed by atoms with Crippen molar-refractivity contribution in [1.82, 2.24) is 9.76 Å². The van der Waals surface area contributed by atoms with Gasteiger partial charge in [0, 0.05) is 24.6 Å². The second-order valence-electron chi connectivity index (χ2n) is 10.1. The number of nitrogens with one attached hydrogen (secondary N) is 1. The Kier molecular flexibility index (Phi) is 7.16. The Morgan fingerprint density at radius 1 is 1.12 bits per heavy atom. The van der Waals surface area contributed by atoms with E-state index in [1.165, 1.54) is 12.0 Å². The monoisotopic (exact) mass is 470 g/mol. The number of amides is 1. The van der Waals surface area contributed by atoms with Gasteiger partial charge in [0.25, 0.3) is 0 Å². The van der Waals surface area contributed by atoms with Gasteiger partial charge < -0.3 is 9.26 Å². The summed E-state index contributed by atoms with van der Waals surface area (Å²) in [5.41, 5.74) is 3.31. The van der Waals surface area contributed by atoms with Crippen LogP contribution in [0.5, 0.6) is 5.75 Å². The standard InChI is InChI=1S/C26H35N2O4P/c1-26(2,3)22-14-15-24-21(18-22)19-28(23-12-8-5-9-13-23)33(30,32-24)27-25(29)31-17-16-20-10-6-4-7-11-20/h4,6-7,10-11,14-15,18,23H,5,8-9,12-13,16-17,19H2,1-3H3,(H,27,29,30). The molecule has 1 unspecified atom stereocenters. The van der Waals surface area contributed by atoms with Crippen LogP contribution in [-0.4, -0.2) is 23.4 Å². The minimum Gasteiger partial charge on any atom is -0.449 e. The summed E-state index contributed by atoms with van der Waals surface area (Å²) in [5.74, 6) is 0.572. The molecule has 1 amide bonds. The SMILES string of the molecule is CC(C)(C)c1ccc2c(c1)CN(C1CCCCC1)P(=O)(NC(=O)OCCc1ccccc1)O2. The van der Waals surface area contributed by atoms with E-state index in [4.69, 9.17) is 9.26 Å². The molecule has 1 atom stereocenters. The first-order valence-electron chi connectivity index (χ1n) is 11.9. The van der Waals surface area contributed by atoms with E-state index in [9.17, 15) is 9.36 Å². The van der Waals surface area contributed by atoms with Crippen molar-refractivity contribution in [3.8, 4) is 5.75 Å². The fraction of sp³-hybridized carbons (Fsp3) is 0.500. The molecule has 1 aliphatic carbocycles. The Balaban J connectivity index is 1.51. The zero-order valence-corrected chi connectivity index (χ0v) is 20.8. The number of benzene rings is 2. The van der Waals surface area contributed by atoms with E-state index in [0.29, 0.717) is 18.7 Å². The van der Waals surface area contributed by atoms with Crippen LogP contribution in [0.4, 0.5) is 4.79 Å². The molecule has 2 aromatic carbocycles. The van der Waals surface area contributed by atoms with Gasteiger partial charge in [0.05, 0.1) is 6.61 Å². The van der Waals surface area contributed by atoms with E-state index >= 15 is 0 Å². The van der Waals surface area contributed by atoms with Gasteiger partial charge in [0.2, 0.25) is 0 Å². The molecule has 1 N–H and O–H groups in total. The highest BCUT2D eigenvalue weighted by atomic mass is 31.2. The molecule has 7 heteroatoms. The van der Waals surface area contributed by atoms with Gasteiger partial charge in [-0.25, -0.2) is 14.4 Å². The number of hydrogen-bond acceptors (Lipinski definition) is 4. The largest absolute Gasteiger partial charge is 0.449 e. The summed E-state index contributed by atoms with van der Waals surface area (Å²) < 4.78 is 27.4. The molecule has 178 valence electrons. The molecule has 1 heterocycles. The second kappa shape index (κ2) is 9.90. The molecular weight excluding hydrogens is 435 g/mol. The van der Waals surface area contributed by atoms with Crippen molar-refractivity contribution in [2.45, 2.75) is 77.3 Å². The van der Waals surface area contributed by atoms with E-state index in [-0.39, 0.29) is 18.1 Å². The molecule has 4 rings (SSSR count). The van der Waals surface area contributed by atoms with Gasteiger partial charge in [0.15, 0.2) is 0 Å². The van der Waals surface area contributed by atoms with Gasteiger partial charge in [-0.05, 0) is 35.4 Å². The van der Waals surface area contributed by atoms with Crippen LogP contribution in [0.3, 0.4) is 0 Å². The molecule has 6 nitrogen and oxygen atoms in total. The van der Waals surface area contributed by atoms with E-state index in [1.807, 2.05) is 47.1 Å². The average Bonchev–Trinajstić information content (AvgIpc) is 2.78. The summed E-state index contributed by atoms with van der Waals surface area (Å²) in [5, 5.41) is 2.61. The van der Waals surface area contributed by atoms with Gasteiger partial charge in [-0.15, -0.1) is 0 Å². The zero-order valence-electron chi connectivity index (χ0n) is 19.9. The Bertz CT molecular complexity index is 1010. The summed E-state index contributed by atoms with van der Waals surface area (Å²) in [6.45, 7) is 7.23. The van der Waals surface area contributed by atoms with E-state index in [2.05, 4.69) is 31.9 Å². The maximum Gasteiger partial charge on any atom is 0.425 e. The van der Waals surface area contributed by atoms with Gasteiger partial charge in [0.1, 0.15) is 5.75 Å². The van der Waals surface area contributed by atoms with Crippen LogP contribution >= 0.6 is 7.67 Å². The van der Waals surface area contributed by atoms with Crippen molar-refractivity contribution < 1.29 is 18.6 Å². The van der Waals surface area contributed by atoms with Gasteiger partial charge in [-0.2, -0.15) is 4.67 Å². The van der Waals surface area contributed by atoms with Crippen LogP contribution in [-0.2, 0) is 27.7 Å². The molecule has 0 aromatic heterocycles. The summed E-state index contributed by atoms with van der Waals surface area (Å²) in [6, 6.07) is 16.0. The first-order valence-corrected chi connectivity index (χ1v) is 13.5. The quantitative estimate of drug-likeness (QED) is 0.500. The third-order valence-electron chi connectivity index (χ3n) is 6.51. The molecule has 1 fully saturated rings. The number of ether oxygens (including phenoxy) is 1. The molecular formula is C26H35N2O4P. The van der Waals surface area contributed by atoms with Crippen LogP contribution < -0.4 is 9.61 Å². The third kappa shape index (κ3) is 5.80. The van der Waals surface area contributed by atoms with Gasteiger partial charge >= 0.3 is 13.8 Å². The molecule has 0 saturated heterocycles. The highest BCUT2D eigenvalue weighted by molar-refractivity contribution is 7.55. The molecule has 1 aliphatic heterocycles. The Morgan fingerprint density at radius 3 is 2.55 bits per heavy atom. The van der Waals surface area contributed by atoms with Crippen LogP contribution in [0.25, 0.3) is 0 Å². The Labute approximate surface area is 197 Å². The molecule has 0 bridgehead atoms. The molecule has 2 aromatic rings. The lowest BCUT2D eigenvalue weighted by Gasteiger charge is -2.41. The average molecular weight is 471 g/mol. The number of nitrogens with zero attached hydrogens (tertiary/aromatic N) is 1. The zero-order chi connectivity index (χ0) is 23.5. The van der Waals surface area contributed by atoms with E-state index in [1.54, 1.807) is 0 Å². The molecule has 2 aliphatic rings. The summed E-state index contributed by atoms with van der Waals surface area (Å²) >= 11 is 0.